The summed E-state index contributed by atoms with van der Waals surface area (Å²) in [5.41, 5.74) is 23.1. The Morgan fingerprint density at radius 3 is 1.73 bits per heavy atom. The lowest BCUT2D eigenvalue weighted by atomic mass is 9.55. The zero-order valence-electron chi connectivity index (χ0n) is 37.7. The average molecular weight is 862 g/mol. The molecule has 0 N–H and O–H groups in total. The summed E-state index contributed by atoms with van der Waals surface area (Å²) in [5, 5.41) is 5.15. The van der Waals surface area contributed by atoms with Crippen molar-refractivity contribution in [2.75, 3.05) is 0 Å². The van der Waals surface area contributed by atoms with Crippen molar-refractivity contribution in [2.45, 2.75) is 44.9 Å². The maximum Gasteiger partial charge on any atom is 0.0782 e. The highest BCUT2D eigenvalue weighted by atomic mass is 32.1. The first-order valence-corrected chi connectivity index (χ1v) is 24.1. The zero-order valence-corrected chi connectivity index (χ0v) is 38.5. The summed E-state index contributed by atoms with van der Waals surface area (Å²) < 4.78 is 2.64. The average Bonchev–Trinajstić information content (AvgIpc) is 4.01. The van der Waals surface area contributed by atoms with Gasteiger partial charge in [0.2, 0.25) is 0 Å². The standard InChI is InChI=1S/C64H47NS/c1-6-39(47-26-18-27-48-42-22-10-16-35-57(42)66-62(47)48)38(2)58(46-37-36-45-41-21-8-7-20-40(41)43-24-17-25-44(46)59(43)45)61(65-5)50-28-19-34-56-60(50)49-23-9-11-29-51(49)64(56)54-32-14-12-30-52(54)63(3,4)53-31-13-15-33-55(53)64/h7-37H,5-6H2,1-4H3/b39-38+,61-58+. The molecule has 66 heavy (non-hydrogen) atoms. The van der Waals surface area contributed by atoms with E-state index in [4.69, 9.17) is 4.99 Å². The van der Waals surface area contributed by atoms with E-state index in [9.17, 15) is 0 Å². The molecule has 0 unspecified atom stereocenters. The minimum atomic E-state index is -0.527. The van der Waals surface area contributed by atoms with Gasteiger partial charge >= 0.3 is 0 Å². The molecule has 1 aromatic heterocycles. The van der Waals surface area contributed by atoms with Crippen LogP contribution in [0.25, 0.3) is 81.2 Å². The van der Waals surface area contributed by atoms with Crippen molar-refractivity contribution >= 4 is 65.8 Å². The predicted octanol–water partition coefficient (Wildman–Crippen LogP) is 17.3. The summed E-state index contributed by atoms with van der Waals surface area (Å²) in [7, 11) is 0. The van der Waals surface area contributed by atoms with Crippen LogP contribution in [0, 0.1) is 0 Å². The van der Waals surface area contributed by atoms with E-state index in [1.165, 1.54) is 120 Å². The van der Waals surface area contributed by atoms with Gasteiger partial charge in [-0.1, -0.05) is 203 Å². The fourth-order valence-electron chi connectivity index (χ4n) is 12.7. The summed E-state index contributed by atoms with van der Waals surface area (Å²) in [6.45, 7) is 13.9. The van der Waals surface area contributed by atoms with E-state index in [0.29, 0.717) is 0 Å². The summed E-state index contributed by atoms with van der Waals surface area (Å²) in [6, 6.07) is 70.7. The number of fused-ring (bicyclic) bond motifs is 15. The molecule has 0 atom stereocenters. The number of thiophene rings is 1. The summed E-state index contributed by atoms with van der Waals surface area (Å²) in [6.07, 6.45) is 0.849. The molecule has 1 heterocycles. The number of hydrogen-bond acceptors (Lipinski definition) is 2. The van der Waals surface area contributed by atoms with Crippen LogP contribution < -0.4 is 0 Å². The Morgan fingerprint density at radius 2 is 1.02 bits per heavy atom. The van der Waals surface area contributed by atoms with Crippen LogP contribution in [-0.2, 0) is 10.8 Å². The number of aliphatic imine (C=N–C) groups is 1. The van der Waals surface area contributed by atoms with Gasteiger partial charge in [-0.3, -0.25) is 4.99 Å². The fourth-order valence-corrected chi connectivity index (χ4v) is 14.0. The van der Waals surface area contributed by atoms with Crippen LogP contribution in [0.5, 0.6) is 0 Å². The first-order valence-electron chi connectivity index (χ1n) is 23.3. The lowest BCUT2D eigenvalue weighted by Gasteiger charge is -2.46. The SMILES string of the molecule is C=N/C(=C(\C(C)=C(/CC)c1cccc2c1sc1ccccc12)c1ccc2c3c(cccc13)-c1ccccc1-2)c1cccc2c1-c1ccccc1C21c2ccccc2C(C)(C)c2ccccc21. The van der Waals surface area contributed by atoms with E-state index in [1.807, 2.05) is 11.3 Å². The zero-order chi connectivity index (χ0) is 44.5. The van der Waals surface area contributed by atoms with Gasteiger partial charge in [-0.2, -0.15) is 0 Å². The molecular weight excluding hydrogens is 815 g/mol. The van der Waals surface area contributed by atoms with E-state index in [-0.39, 0.29) is 5.41 Å². The molecule has 3 aliphatic rings. The van der Waals surface area contributed by atoms with E-state index in [1.54, 1.807) is 0 Å². The van der Waals surface area contributed by atoms with Crippen LogP contribution in [0.2, 0.25) is 0 Å². The van der Waals surface area contributed by atoms with Gasteiger partial charge in [-0.25, -0.2) is 0 Å². The van der Waals surface area contributed by atoms with Crippen LogP contribution in [0.1, 0.15) is 84.2 Å². The van der Waals surface area contributed by atoms with Gasteiger partial charge in [-0.05, 0) is 126 Å². The van der Waals surface area contributed by atoms with Crippen LogP contribution in [0.15, 0.2) is 199 Å². The Bertz CT molecular complexity index is 3730. The van der Waals surface area contributed by atoms with Crippen molar-refractivity contribution < 1.29 is 0 Å². The van der Waals surface area contributed by atoms with E-state index in [2.05, 4.69) is 222 Å². The molecule has 3 aliphatic carbocycles. The normalized spacial score (nSPS) is 15.2. The first kappa shape index (κ1) is 39.0. The Labute approximate surface area is 390 Å². The van der Waals surface area contributed by atoms with E-state index >= 15 is 0 Å². The van der Waals surface area contributed by atoms with Crippen molar-refractivity contribution in [1.29, 1.82) is 0 Å². The van der Waals surface area contributed by atoms with E-state index < -0.39 is 5.41 Å². The van der Waals surface area contributed by atoms with Gasteiger partial charge < -0.3 is 0 Å². The molecule has 0 saturated carbocycles. The fraction of sp³-hybridized carbons (Fsp3) is 0.109. The number of allylic oxidation sites excluding steroid dienone is 3. The number of rotatable bonds is 6. The summed E-state index contributed by atoms with van der Waals surface area (Å²) in [4.78, 5) is 5.26. The second-order valence-corrected chi connectivity index (χ2v) is 19.8. The van der Waals surface area contributed by atoms with Gasteiger partial charge in [-0.15, -0.1) is 11.3 Å². The minimum absolute atomic E-state index is 0.181. The van der Waals surface area contributed by atoms with Crippen molar-refractivity contribution in [3.63, 3.8) is 0 Å². The molecule has 0 amide bonds. The number of hydrogen-bond donors (Lipinski definition) is 0. The third-order valence-corrected chi connectivity index (χ3v) is 16.7. The maximum absolute atomic E-state index is 5.26. The Balaban J connectivity index is 1.16. The molecule has 10 aromatic rings. The smallest absolute Gasteiger partial charge is 0.0782 e. The predicted molar refractivity (Wildman–Crippen MR) is 283 cm³/mol. The van der Waals surface area contributed by atoms with Crippen molar-refractivity contribution in [2.24, 2.45) is 4.99 Å². The molecule has 0 bridgehead atoms. The lowest BCUT2D eigenvalue weighted by Crippen LogP contribution is -2.40. The minimum Gasteiger partial charge on any atom is -0.263 e. The first-order chi connectivity index (χ1) is 32.4. The highest BCUT2D eigenvalue weighted by molar-refractivity contribution is 7.26. The van der Waals surface area contributed by atoms with Crippen molar-refractivity contribution in [1.82, 2.24) is 0 Å². The topological polar surface area (TPSA) is 12.4 Å². The molecule has 9 aromatic carbocycles. The highest BCUT2D eigenvalue weighted by Gasteiger charge is 2.53. The summed E-state index contributed by atoms with van der Waals surface area (Å²) in [5.74, 6) is 0. The van der Waals surface area contributed by atoms with Crippen LogP contribution >= 0.6 is 11.3 Å². The van der Waals surface area contributed by atoms with Gasteiger partial charge in [0, 0.05) is 36.7 Å². The number of nitrogens with zero attached hydrogens (tertiary/aromatic N) is 1. The van der Waals surface area contributed by atoms with E-state index in [0.717, 1.165) is 23.3 Å². The Morgan fingerprint density at radius 1 is 0.485 bits per heavy atom. The largest absolute Gasteiger partial charge is 0.263 e. The number of benzene rings is 9. The third kappa shape index (κ3) is 5.03. The molecule has 0 fully saturated rings. The monoisotopic (exact) mass is 861 g/mol. The molecule has 2 heteroatoms. The van der Waals surface area contributed by atoms with Gasteiger partial charge in [0.25, 0.3) is 0 Å². The molecule has 13 rings (SSSR count). The second-order valence-electron chi connectivity index (χ2n) is 18.8. The van der Waals surface area contributed by atoms with Crippen LogP contribution in [0.3, 0.4) is 0 Å². The van der Waals surface area contributed by atoms with Crippen LogP contribution in [-0.4, -0.2) is 6.72 Å². The molecule has 0 aliphatic heterocycles. The Kier molecular flexibility index (Phi) is 8.46. The van der Waals surface area contributed by atoms with Gasteiger partial charge in [0.1, 0.15) is 0 Å². The highest BCUT2D eigenvalue weighted by Crippen LogP contribution is 2.63. The molecule has 314 valence electrons. The van der Waals surface area contributed by atoms with Crippen LogP contribution in [0.4, 0.5) is 0 Å². The van der Waals surface area contributed by atoms with Gasteiger partial charge in [0.05, 0.1) is 11.1 Å². The second kappa shape index (κ2) is 14.3. The maximum atomic E-state index is 5.26. The lowest BCUT2D eigenvalue weighted by molar-refractivity contribution is 0.563. The quantitative estimate of drug-likeness (QED) is 0.0897. The third-order valence-electron chi connectivity index (χ3n) is 15.5. The molecule has 0 saturated heterocycles. The molecule has 0 radical (unpaired) electrons. The van der Waals surface area contributed by atoms with Crippen molar-refractivity contribution in [3.05, 3.63) is 244 Å². The van der Waals surface area contributed by atoms with Crippen molar-refractivity contribution in [3.8, 4) is 33.4 Å². The molecule has 1 nitrogen and oxygen atoms in total. The Hall–Kier alpha value is -7.39. The molecular formula is C64H47NS. The summed E-state index contributed by atoms with van der Waals surface area (Å²) >= 11 is 1.90. The molecule has 1 spiro atoms. The van der Waals surface area contributed by atoms with Gasteiger partial charge in [0.15, 0.2) is 0 Å².